The molecule has 0 saturated heterocycles. The Morgan fingerprint density at radius 1 is 1.12 bits per heavy atom. The fourth-order valence-electron chi connectivity index (χ4n) is 3.76. The molecule has 0 fully saturated rings. The third kappa shape index (κ3) is 3.85. The fourth-order valence-corrected chi connectivity index (χ4v) is 10.0. The minimum atomic E-state index is -3.72. The highest BCUT2D eigenvalue weighted by Crippen LogP contribution is 2.44. The number of hydrogen-bond donors (Lipinski definition) is 1. The molecule has 1 rings (SSSR count). The summed E-state index contributed by atoms with van der Waals surface area (Å²) in [5.74, 6) is 0.584. The van der Waals surface area contributed by atoms with Crippen LogP contribution in [0.5, 0.6) is 0 Å². The average Bonchev–Trinajstić information content (AvgIpc) is 2.79. The van der Waals surface area contributed by atoms with Crippen molar-refractivity contribution < 1.29 is 12.8 Å². The Morgan fingerprint density at radius 2 is 1.56 bits per heavy atom. The molecule has 1 aromatic rings. The highest BCUT2D eigenvalue weighted by atomic mass is 32.2. The van der Waals surface area contributed by atoms with Crippen LogP contribution in [0.2, 0.25) is 16.6 Å². The Labute approximate surface area is 154 Å². The van der Waals surface area contributed by atoms with Crippen LogP contribution in [0.1, 0.15) is 58.8 Å². The van der Waals surface area contributed by atoms with Crippen molar-refractivity contribution in [3.8, 4) is 0 Å². The molecule has 1 N–H and O–H groups in total. The van der Waals surface area contributed by atoms with Gasteiger partial charge in [-0.3, -0.25) is 0 Å². The van der Waals surface area contributed by atoms with E-state index in [4.69, 9.17) is 4.43 Å². The summed E-state index contributed by atoms with van der Waals surface area (Å²) in [4.78, 5) is 4.43. The number of imidazole rings is 1. The van der Waals surface area contributed by atoms with E-state index >= 15 is 0 Å². The van der Waals surface area contributed by atoms with Crippen LogP contribution < -0.4 is 4.72 Å². The lowest BCUT2D eigenvalue weighted by Crippen LogP contribution is -2.47. The third-order valence-corrected chi connectivity index (χ3v) is 12.5. The molecule has 0 spiro atoms. The molecule has 1 heterocycles. The maximum Gasteiger partial charge on any atom is 0.306 e. The van der Waals surface area contributed by atoms with Crippen LogP contribution in [-0.2, 0) is 14.6 Å². The fraction of sp³-hybridized carbons (Fsp3) is 0.706. The van der Waals surface area contributed by atoms with Crippen LogP contribution in [0.25, 0.3) is 5.76 Å². The summed E-state index contributed by atoms with van der Waals surface area (Å²) in [6, 6.07) is 0. The standard InChI is InChI=1S/C17H33N3O3SSi/c1-11(2)25(12(3)4,13(5)6)23-16(9)17-19-14(7)15(8)20(17)24(21,22)18-10/h11-13,18H,9H2,1-8,10H3. The van der Waals surface area contributed by atoms with E-state index in [1.54, 1.807) is 13.8 Å². The van der Waals surface area contributed by atoms with Gasteiger partial charge in [0.05, 0.1) is 11.4 Å². The summed E-state index contributed by atoms with van der Waals surface area (Å²) in [5.41, 5.74) is 2.27. The van der Waals surface area contributed by atoms with Crippen molar-refractivity contribution in [1.29, 1.82) is 0 Å². The van der Waals surface area contributed by atoms with E-state index in [0.717, 1.165) is 0 Å². The lowest BCUT2D eigenvalue weighted by Gasteiger charge is -2.42. The second-order valence-corrected chi connectivity index (χ2v) is 14.5. The maximum atomic E-state index is 12.5. The summed E-state index contributed by atoms with van der Waals surface area (Å²) in [5, 5.41) is 0. The SMILES string of the molecule is C=C(O[Si](C(C)C)(C(C)C)C(C)C)c1nc(C)c(C)n1S(=O)(=O)NC. The molecule has 25 heavy (non-hydrogen) atoms. The van der Waals surface area contributed by atoms with Crippen LogP contribution in [0, 0.1) is 13.8 Å². The van der Waals surface area contributed by atoms with Gasteiger partial charge in [0.2, 0.25) is 0 Å². The zero-order valence-corrected chi connectivity index (χ0v) is 18.8. The molecule has 1 aromatic heterocycles. The van der Waals surface area contributed by atoms with Crippen LogP contribution in [0.15, 0.2) is 6.58 Å². The van der Waals surface area contributed by atoms with Crippen molar-refractivity contribution in [2.45, 2.75) is 72.0 Å². The van der Waals surface area contributed by atoms with E-state index in [9.17, 15) is 8.42 Å². The van der Waals surface area contributed by atoms with E-state index in [1.807, 2.05) is 0 Å². The molecule has 0 unspecified atom stereocenters. The summed E-state index contributed by atoms with van der Waals surface area (Å²) < 4.78 is 35.0. The van der Waals surface area contributed by atoms with Crippen molar-refractivity contribution in [2.24, 2.45) is 0 Å². The zero-order valence-electron chi connectivity index (χ0n) is 17.0. The van der Waals surface area contributed by atoms with E-state index < -0.39 is 18.5 Å². The molecule has 0 aromatic carbocycles. The van der Waals surface area contributed by atoms with Gasteiger partial charge in [0.15, 0.2) is 5.82 Å². The van der Waals surface area contributed by atoms with Gasteiger partial charge in [-0.05, 0) is 30.5 Å². The third-order valence-electron chi connectivity index (χ3n) is 5.05. The molecule has 0 saturated carbocycles. The average molecular weight is 388 g/mol. The highest BCUT2D eigenvalue weighted by Gasteiger charge is 2.47. The first kappa shape index (κ1) is 21.9. The highest BCUT2D eigenvalue weighted by molar-refractivity contribution is 7.88. The van der Waals surface area contributed by atoms with E-state index in [-0.39, 0.29) is 5.82 Å². The van der Waals surface area contributed by atoms with Gasteiger partial charge in [-0.1, -0.05) is 48.1 Å². The quantitative estimate of drug-likeness (QED) is 0.541. The number of rotatable bonds is 8. The zero-order chi connectivity index (χ0) is 19.7. The Morgan fingerprint density at radius 3 is 1.92 bits per heavy atom. The van der Waals surface area contributed by atoms with Crippen molar-refractivity contribution in [3.63, 3.8) is 0 Å². The Bertz CT molecular complexity index is 715. The molecule has 6 nitrogen and oxygen atoms in total. The number of hydrogen-bond acceptors (Lipinski definition) is 4. The molecular formula is C17H33N3O3SSi. The summed E-state index contributed by atoms with van der Waals surface area (Å²) >= 11 is 0. The lowest BCUT2D eigenvalue weighted by atomic mass is 10.4. The molecule has 0 amide bonds. The summed E-state index contributed by atoms with van der Waals surface area (Å²) in [6.07, 6.45) is 0. The topological polar surface area (TPSA) is 73.2 Å². The molecule has 0 aliphatic carbocycles. The van der Waals surface area contributed by atoms with Crippen molar-refractivity contribution in [3.05, 3.63) is 23.8 Å². The van der Waals surface area contributed by atoms with Crippen LogP contribution in [0.4, 0.5) is 0 Å². The molecule has 0 aliphatic rings. The Balaban J connectivity index is 3.50. The number of aryl methyl sites for hydroxylation is 1. The minimum absolute atomic E-state index is 0.253. The minimum Gasteiger partial charge on any atom is -0.541 e. The Kier molecular flexibility index (Phi) is 6.69. The lowest BCUT2D eigenvalue weighted by molar-refractivity contribution is 0.440. The predicted octanol–water partition coefficient (Wildman–Crippen LogP) is 3.98. The smallest absolute Gasteiger partial charge is 0.306 e. The molecule has 0 atom stereocenters. The molecule has 0 aliphatic heterocycles. The largest absolute Gasteiger partial charge is 0.541 e. The Hall–Kier alpha value is -1.12. The number of nitrogens with zero attached hydrogens (tertiary/aromatic N) is 2. The second-order valence-electron chi connectivity index (χ2n) is 7.42. The maximum absolute atomic E-state index is 12.5. The normalized spacial score (nSPS) is 13.1. The van der Waals surface area contributed by atoms with E-state index in [2.05, 4.69) is 57.8 Å². The molecule has 8 heteroatoms. The predicted molar refractivity (Wildman–Crippen MR) is 106 cm³/mol. The molecule has 0 bridgehead atoms. The van der Waals surface area contributed by atoms with Gasteiger partial charge in [0.25, 0.3) is 8.32 Å². The number of aromatic nitrogens is 2. The van der Waals surface area contributed by atoms with Gasteiger partial charge in [-0.15, -0.1) is 0 Å². The monoisotopic (exact) mass is 387 g/mol. The van der Waals surface area contributed by atoms with Gasteiger partial charge < -0.3 is 4.43 Å². The van der Waals surface area contributed by atoms with Crippen molar-refractivity contribution in [2.75, 3.05) is 7.05 Å². The van der Waals surface area contributed by atoms with Gasteiger partial charge in [-0.2, -0.15) is 8.42 Å². The van der Waals surface area contributed by atoms with Gasteiger partial charge in [0, 0.05) is 7.05 Å². The first-order valence-corrected chi connectivity index (χ1v) is 12.3. The molecular weight excluding hydrogens is 354 g/mol. The second kappa shape index (κ2) is 7.63. The van der Waals surface area contributed by atoms with Gasteiger partial charge >= 0.3 is 10.2 Å². The van der Waals surface area contributed by atoms with Gasteiger partial charge in [-0.25, -0.2) is 13.7 Å². The van der Waals surface area contributed by atoms with Crippen LogP contribution >= 0.6 is 0 Å². The number of nitrogens with one attached hydrogen (secondary N) is 1. The van der Waals surface area contributed by atoms with Crippen molar-refractivity contribution >= 4 is 24.3 Å². The molecule has 0 radical (unpaired) electrons. The molecule has 144 valence electrons. The van der Waals surface area contributed by atoms with E-state index in [1.165, 1.54) is 11.0 Å². The summed E-state index contributed by atoms with van der Waals surface area (Å²) in [6.45, 7) is 20.6. The van der Waals surface area contributed by atoms with E-state index in [0.29, 0.717) is 33.8 Å². The van der Waals surface area contributed by atoms with Crippen molar-refractivity contribution in [1.82, 2.24) is 13.7 Å². The van der Waals surface area contributed by atoms with Gasteiger partial charge in [0.1, 0.15) is 5.76 Å². The first-order valence-electron chi connectivity index (χ1n) is 8.71. The van der Waals surface area contributed by atoms with Crippen LogP contribution in [0.3, 0.4) is 0 Å². The first-order chi connectivity index (χ1) is 11.3. The summed E-state index contributed by atoms with van der Waals surface area (Å²) in [7, 11) is -4.58. The van der Waals surface area contributed by atoms with Crippen LogP contribution in [-0.4, -0.2) is 32.7 Å².